The van der Waals surface area contributed by atoms with Crippen LogP contribution in [0.1, 0.15) is 25.2 Å². The molecule has 0 bridgehead atoms. The number of benzene rings is 2. The first-order chi connectivity index (χ1) is 16.0. The number of carbonyl (C=O) groups is 1. The Kier molecular flexibility index (Phi) is 7.10. The molecule has 1 amide bonds. The van der Waals surface area contributed by atoms with Crippen molar-refractivity contribution in [3.05, 3.63) is 66.7 Å². The Morgan fingerprint density at radius 1 is 1.12 bits per heavy atom. The average Bonchev–Trinajstić information content (AvgIpc) is 3.33. The molecule has 3 aromatic rings. The lowest BCUT2D eigenvalue weighted by atomic mass is 10.1. The molecule has 0 unspecified atom stereocenters. The van der Waals surface area contributed by atoms with Crippen LogP contribution in [0.4, 0.5) is 0 Å². The Labute approximate surface area is 193 Å². The number of sulfonamides is 1. The van der Waals surface area contributed by atoms with E-state index in [2.05, 4.69) is 10.3 Å². The second-order valence-electron chi connectivity index (χ2n) is 7.91. The van der Waals surface area contributed by atoms with E-state index in [1.54, 1.807) is 30.5 Å². The van der Waals surface area contributed by atoms with E-state index in [-0.39, 0.29) is 23.3 Å². The van der Waals surface area contributed by atoms with Gasteiger partial charge in [-0.05, 0) is 37.1 Å². The van der Waals surface area contributed by atoms with E-state index in [0.717, 1.165) is 5.56 Å². The fraction of sp³-hybridized carbons (Fsp3) is 0.333. The SMILES string of the molecule is COc1ccc(S(=O)(=O)N2CCC(NC(=O)CCc3ncc(-c4ccccc4)o3)CC2)cc1. The number of aryl methyl sites for hydroxylation is 1. The molecule has 1 fully saturated rings. The highest BCUT2D eigenvalue weighted by molar-refractivity contribution is 7.89. The fourth-order valence-corrected chi connectivity index (χ4v) is 5.29. The molecule has 0 aliphatic carbocycles. The Bertz CT molecular complexity index is 1170. The zero-order chi connectivity index (χ0) is 23.3. The maximum absolute atomic E-state index is 12.9. The second-order valence-corrected chi connectivity index (χ2v) is 9.84. The van der Waals surface area contributed by atoms with Crippen LogP contribution >= 0.6 is 0 Å². The summed E-state index contributed by atoms with van der Waals surface area (Å²) in [4.78, 5) is 16.9. The van der Waals surface area contributed by atoms with Gasteiger partial charge in [0.25, 0.3) is 0 Å². The smallest absolute Gasteiger partial charge is 0.243 e. The molecule has 2 aromatic carbocycles. The third-order valence-corrected chi connectivity index (χ3v) is 7.61. The van der Waals surface area contributed by atoms with Crippen molar-refractivity contribution in [2.45, 2.75) is 36.6 Å². The molecule has 9 heteroatoms. The first-order valence-electron chi connectivity index (χ1n) is 10.9. The second kappa shape index (κ2) is 10.2. The lowest BCUT2D eigenvalue weighted by Gasteiger charge is -2.31. The quantitative estimate of drug-likeness (QED) is 0.543. The van der Waals surface area contributed by atoms with Crippen LogP contribution in [-0.4, -0.2) is 49.9 Å². The van der Waals surface area contributed by atoms with Crippen LogP contribution in [0.15, 0.2) is 70.1 Å². The molecule has 174 valence electrons. The van der Waals surface area contributed by atoms with Gasteiger partial charge in [-0.2, -0.15) is 4.31 Å². The summed E-state index contributed by atoms with van der Waals surface area (Å²) in [6.07, 6.45) is 3.47. The summed E-state index contributed by atoms with van der Waals surface area (Å²) in [5, 5.41) is 3.01. The first-order valence-corrected chi connectivity index (χ1v) is 12.3. The van der Waals surface area contributed by atoms with E-state index in [1.807, 2.05) is 30.3 Å². The Morgan fingerprint density at radius 3 is 2.48 bits per heavy atom. The summed E-state index contributed by atoms with van der Waals surface area (Å²) in [6.45, 7) is 0.721. The number of carbonyl (C=O) groups excluding carboxylic acids is 1. The first kappa shape index (κ1) is 23.0. The standard InChI is InChI=1S/C24H27N3O5S/c1-31-20-7-9-21(10-8-20)33(29,30)27-15-13-19(14-16-27)26-23(28)11-12-24-25-17-22(32-24)18-5-3-2-4-6-18/h2-10,17,19H,11-16H2,1H3,(H,26,28). The van der Waals surface area contributed by atoms with Gasteiger partial charge in [-0.25, -0.2) is 13.4 Å². The summed E-state index contributed by atoms with van der Waals surface area (Å²) < 4.78 is 38.0. The molecule has 0 atom stereocenters. The summed E-state index contributed by atoms with van der Waals surface area (Å²) in [7, 11) is -2.02. The van der Waals surface area contributed by atoms with Crippen LogP contribution < -0.4 is 10.1 Å². The van der Waals surface area contributed by atoms with E-state index < -0.39 is 10.0 Å². The van der Waals surface area contributed by atoms with E-state index in [4.69, 9.17) is 9.15 Å². The molecular formula is C24H27N3O5S. The van der Waals surface area contributed by atoms with Crippen molar-refractivity contribution in [1.82, 2.24) is 14.6 Å². The van der Waals surface area contributed by atoms with Crippen molar-refractivity contribution < 1.29 is 22.4 Å². The molecule has 8 nitrogen and oxygen atoms in total. The third-order valence-electron chi connectivity index (χ3n) is 5.69. The van der Waals surface area contributed by atoms with Crippen LogP contribution in [0.5, 0.6) is 5.75 Å². The average molecular weight is 470 g/mol. The van der Waals surface area contributed by atoms with Gasteiger partial charge in [0.1, 0.15) is 5.75 Å². The maximum atomic E-state index is 12.9. The molecule has 1 saturated heterocycles. The van der Waals surface area contributed by atoms with E-state index in [1.165, 1.54) is 11.4 Å². The molecule has 0 radical (unpaired) electrons. The van der Waals surface area contributed by atoms with E-state index >= 15 is 0 Å². The van der Waals surface area contributed by atoms with Crippen molar-refractivity contribution in [2.75, 3.05) is 20.2 Å². The molecule has 1 N–H and O–H groups in total. The monoisotopic (exact) mass is 469 g/mol. The van der Waals surface area contributed by atoms with Gasteiger partial charge in [-0.15, -0.1) is 0 Å². The molecule has 0 saturated carbocycles. The van der Waals surface area contributed by atoms with Gasteiger partial charge in [0.15, 0.2) is 11.7 Å². The van der Waals surface area contributed by atoms with Gasteiger partial charge in [-0.1, -0.05) is 30.3 Å². The van der Waals surface area contributed by atoms with Gasteiger partial charge in [0, 0.05) is 37.5 Å². The van der Waals surface area contributed by atoms with Gasteiger partial charge < -0.3 is 14.5 Å². The van der Waals surface area contributed by atoms with Crippen molar-refractivity contribution in [2.24, 2.45) is 0 Å². The summed E-state index contributed by atoms with van der Waals surface area (Å²) in [5.41, 5.74) is 0.942. The summed E-state index contributed by atoms with van der Waals surface area (Å²) in [6, 6.07) is 16.0. The van der Waals surface area contributed by atoms with Crippen LogP contribution in [0, 0.1) is 0 Å². The van der Waals surface area contributed by atoms with Crippen LogP contribution in [0.2, 0.25) is 0 Å². The Hall–Kier alpha value is -3.17. The molecular weight excluding hydrogens is 442 g/mol. The number of oxazole rings is 1. The largest absolute Gasteiger partial charge is 0.497 e. The number of hydrogen-bond acceptors (Lipinski definition) is 6. The number of piperidine rings is 1. The number of aromatic nitrogens is 1. The predicted molar refractivity (Wildman–Crippen MR) is 123 cm³/mol. The maximum Gasteiger partial charge on any atom is 0.243 e. The molecule has 4 rings (SSSR count). The zero-order valence-corrected chi connectivity index (χ0v) is 19.3. The third kappa shape index (κ3) is 5.61. The minimum Gasteiger partial charge on any atom is -0.497 e. The van der Waals surface area contributed by atoms with Crippen molar-refractivity contribution >= 4 is 15.9 Å². The number of rotatable bonds is 8. The summed E-state index contributed by atoms with van der Waals surface area (Å²) >= 11 is 0. The van der Waals surface area contributed by atoms with Gasteiger partial charge >= 0.3 is 0 Å². The van der Waals surface area contributed by atoms with Crippen LogP contribution in [-0.2, 0) is 21.2 Å². The molecule has 1 aromatic heterocycles. The highest BCUT2D eigenvalue weighted by Crippen LogP contribution is 2.23. The topological polar surface area (TPSA) is 102 Å². The number of nitrogens with zero attached hydrogens (tertiary/aromatic N) is 2. The highest BCUT2D eigenvalue weighted by Gasteiger charge is 2.30. The predicted octanol–water partition coefficient (Wildman–Crippen LogP) is 3.25. The van der Waals surface area contributed by atoms with Gasteiger partial charge in [-0.3, -0.25) is 4.79 Å². The van der Waals surface area contributed by atoms with Crippen LogP contribution in [0.3, 0.4) is 0 Å². The molecule has 2 heterocycles. The number of methoxy groups -OCH3 is 1. The lowest BCUT2D eigenvalue weighted by Crippen LogP contribution is -2.46. The number of nitrogens with one attached hydrogen (secondary N) is 1. The van der Waals surface area contributed by atoms with Gasteiger partial charge in [0.05, 0.1) is 18.2 Å². The van der Waals surface area contributed by atoms with Crippen molar-refractivity contribution in [3.8, 4) is 17.1 Å². The molecule has 1 aliphatic heterocycles. The minimum absolute atomic E-state index is 0.0516. The van der Waals surface area contributed by atoms with Crippen molar-refractivity contribution in [1.29, 1.82) is 0 Å². The Balaban J connectivity index is 1.24. The van der Waals surface area contributed by atoms with Crippen LogP contribution in [0.25, 0.3) is 11.3 Å². The van der Waals surface area contributed by atoms with Crippen molar-refractivity contribution in [3.63, 3.8) is 0 Å². The minimum atomic E-state index is -3.56. The zero-order valence-electron chi connectivity index (χ0n) is 18.4. The molecule has 1 aliphatic rings. The van der Waals surface area contributed by atoms with E-state index in [0.29, 0.717) is 49.8 Å². The number of amides is 1. The number of hydrogen-bond donors (Lipinski definition) is 1. The van der Waals surface area contributed by atoms with Gasteiger partial charge in [0.2, 0.25) is 15.9 Å². The summed E-state index contributed by atoms with van der Waals surface area (Å²) in [5.74, 6) is 1.71. The Morgan fingerprint density at radius 2 is 1.82 bits per heavy atom. The molecule has 33 heavy (non-hydrogen) atoms. The normalized spacial score (nSPS) is 15.3. The molecule has 0 spiro atoms. The van der Waals surface area contributed by atoms with E-state index in [9.17, 15) is 13.2 Å². The number of ether oxygens (including phenoxy) is 1. The highest BCUT2D eigenvalue weighted by atomic mass is 32.2. The fourth-order valence-electron chi connectivity index (χ4n) is 3.82. The lowest BCUT2D eigenvalue weighted by molar-refractivity contribution is -0.122.